The second kappa shape index (κ2) is 11.4. The van der Waals surface area contributed by atoms with Gasteiger partial charge in [0.15, 0.2) is 0 Å². The van der Waals surface area contributed by atoms with E-state index in [0.29, 0.717) is 39.1 Å². The Balaban J connectivity index is 1.53. The molecule has 1 heterocycles. The molecule has 2 fully saturated rings. The molecular formula is C25H30F3N3O5S. The Morgan fingerprint density at radius 1 is 1.08 bits per heavy atom. The van der Waals surface area contributed by atoms with Gasteiger partial charge in [-0.3, -0.25) is 0 Å². The van der Waals surface area contributed by atoms with E-state index in [2.05, 4.69) is 5.32 Å². The highest BCUT2D eigenvalue weighted by Crippen LogP contribution is 2.34. The molecule has 0 aromatic heterocycles. The van der Waals surface area contributed by atoms with Crippen molar-refractivity contribution < 1.29 is 36.2 Å². The molecule has 2 amide bonds. The zero-order chi connectivity index (χ0) is 26.6. The fourth-order valence-electron chi connectivity index (χ4n) is 4.24. The number of halogens is 3. The monoisotopic (exact) mass is 541 g/mol. The van der Waals surface area contributed by atoms with Crippen LogP contribution in [0.3, 0.4) is 0 Å². The van der Waals surface area contributed by atoms with Crippen molar-refractivity contribution in [2.24, 2.45) is 0 Å². The third-order valence-electron chi connectivity index (χ3n) is 6.48. The molecule has 0 radical (unpaired) electrons. The summed E-state index contributed by atoms with van der Waals surface area (Å²) in [6.45, 7) is 1.29. The number of nitrogens with zero attached hydrogens (tertiary/aromatic N) is 2. The number of alkyl halides is 3. The predicted molar refractivity (Wildman–Crippen MR) is 129 cm³/mol. The van der Waals surface area contributed by atoms with E-state index >= 15 is 0 Å². The molecule has 0 unspecified atom stereocenters. The van der Waals surface area contributed by atoms with Crippen LogP contribution >= 0.6 is 0 Å². The maximum atomic E-state index is 13.4. The van der Waals surface area contributed by atoms with Gasteiger partial charge in [-0.1, -0.05) is 30.3 Å². The van der Waals surface area contributed by atoms with Crippen molar-refractivity contribution in [2.75, 3.05) is 32.8 Å². The quantitative estimate of drug-likeness (QED) is 0.509. The first-order valence-corrected chi connectivity index (χ1v) is 13.5. The van der Waals surface area contributed by atoms with Gasteiger partial charge in [-0.25, -0.2) is 13.2 Å². The Labute approximate surface area is 214 Å². The molecule has 202 valence electrons. The van der Waals surface area contributed by atoms with Gasteiger partial charge < -0.3 is 20.1 Å². The van der Waals surface area contributed by atoms with Gasteiger partial charge in [0.25, 0.3) is 0 Å². The number of aliphatic hydroxyl groups is 1. The SMILES string of the molecule is O=C(N[C@@H](Cc1ccccc1)[C@H](O)CN(C1CC1)S(=O)(=O)c1ccc(C(F)(F)F)cc1)N1CCOCC1. The van der Waals surface area contributed by atoms with Crippen LogP contribution in [0.2, 0.25) is 0 Å². The molecule has 1 saturated heterocycles. The summed E-state index contributed by atoms with van der Waals surface area (Å²) in [7, 11) is -4.18. The molecule has 1 saturated carbocycles. The van der Waals surface area contributed by atoms with Crippen LogP contribution < -0.4 is 5.32 Å². The number of amides is 2. The molecule has 2 atom stereocenters. The molecule has 0 spiro atoms. The lowest BCUT2D eigenvalue weighted by Crippen LogP contribution is -2.55. The summed E-state index contributed by atoms with van der Waals surface area (Å²) >= 11 is 0. The van der Waals surface area contributed by atoms with Crippen molar-refractivity contribution in [3.05, 3.63) is 65.7 Å². The molecule has 0 bridgehead atoms. The lowest BCUT2D eigenvalue weighted by molar-refractivity contribution is -0.137. The van der Waals surface area contributed by atoms with Crippen molar-refractivity contribution in [3.8, 4) is 0 Å². The standard InChI is InChI=1S/C25H30F3N3O5S/c26-25(27,28)19-6-10-21(11-7-19)37(34,35)31(20-8-9-20)17-23(32)22(16-18-4-2-1-3-5-18)29-24(33)30-12-14-36-15-13-30/h1-7,10-11,20,22-23,32H,8-9,12-17H2,(H,29,33)/t22-,23+/m0/s1. The number of sulfonamides is 1. The average molecular weight is 542 g/mol. The lowest BCUT2D eigenvalue weighted by Gasteiger charge is -2.33. The summed E-state index contributed by atoms with van der Waals surface area (Å²) in [5, 5.41) is 14.1. The van der Waals surface area contributed by atoms with E-state index in [-0.39, 0.29) is 29.9 Å². The first-order chi connectivity index (χ1) is 17.6. The lowest BCUT2D eigenvalue weighted by atomic mass is 10.0. The average Bonchev–Trinajstić information content (AvgIpc) is 3.72. The summed E-state index contributed by atoms with van der Waals surface area (Å²) in [5.74, 6) is 0. The van der Waals surface area contributed by atoms with E-state index in [1.165, 1.54) is 0 Å². The van der Waals surface area contributed by atoms with Crippen LogP contribution in [0.15, 0.2) is 59.5 Å². The first kappa shape index (κ1) is 27.4. The van der Waals surface area contributed by atoms with Crippen LogP contribution in [0.4, 0.5) is 18.0 Å². The van der Waals surface area contributed by atoms with Gasteiger partial charge in [0.1, 0.15) is 0 Å². The number of hydrogen-bond donors (Lipinski definition) is 2. The van der Waals surface area contributed by atoms with Gasteiger partial charge in [-0.15, -0.1) is 0 Å². The number of nitrogens with one attached hydrogen (secondary N) is 1. The van der Waals surface area contributed by atoms with Crippen LogP contribution in [0.25, 0.3) is 0 Å². The number of morpholine rings is 1. The fraction of sp³-hybridized carbons (Fsp3) is 0.480. The van der Waals surface area contributed by atoms with E-state index in [9.17, 15) is 31.5 Å². The Kier molecular flexibility index (Phi) is 8.42. The second-order valence-electron chi connectivity index (χ2n) is 9.24. The highest BCUT2D eigenvalue weighted by Gasteiger charge is 2.41. The van der Waals surface area contributed by atoms with Crippen LogP contribution in [-0.4, -0.2) is 79.8 Å². The third kappa shape index (κ3) is 7.01. The molecule has 1 aliphatic heterocycles. The minimum Gasteiger partial charge on any atom is -0.390 e. The predicted octanol–water partition coefficient (Wildman–Crippen LogP) is 2.87. The van der Waals surface area contributed by atoms with E-state index in [0.717, 1.165) is 34.1 Å². The minimum absolute atomic E-state index is 0.261. The zero-order valence-corrected chi connectivity index (χ0v) is 20.9. The fourth-order valence-corrected chi connectivity index (χ4v) is 5.94. The number of ether oxygens (including phenoxy) is 1. The third-order valence-corrected chi connectivity index (χ3v) is 8.41. The zero-order valence-electron chi connectivity index (χ0n) is 20.1. The summed E-state index contributed by atoms with van der Waals surface area (Å²) in [4.78, 5) is 14.2. The van der Waals surface area contributed by atoms with Crippen LogP contribution in [0, 0.1) is 0 Å². The Morgan fingerprint density at radius 3 is 2.27 bits per heavy atom. The summed E-state index contributed by atoms with van der Waals surface area (Å²) in [5.41, 5.74) is -0.101. The van der Waals surface area contributed by atoms with E-state index in [1.807, 2.05) is 30.3 Å². The highest BCUT2D eigenvalue weighted by molar-refractivity contribution is 7.89. The summed E-state index contributed by atoms with van der Waals surface area (Å²) < 4.78 is 72.1. The van der Waals surface area contributed by atoms with Gasteiger partial charge in [0.05, 0.1) is 35.8 Å². The molecule has 4 rings (SSSR count). The molecule has 2 N–H and O–H groups in total. The number of carbonyl (C=O) groups excluding carboxylic acids is 1. The van der Waals surface area contributed by atoms with Gasteiger partial charge in [0, 0.05) is 25.7 Å². The molecule has 12 heteroatoms. The van der Waals surface area contributed by atoms with Crippen LogP contribution in [-0.2, 0) is 27.4 Å². The number of benzene rings is 2. The highest BCUT2D eigenvalue weighted by atomic mass is 32.2. The van der Waals surface area contributed by atoms with Crippen molar-refractivity contribution >= 4 is 16.1 Å². The first-order valence-electron chi connectivity index (χ1n) is 12.1. The normalized spacial score (nSPS) is 18.5. The molecule has 37 heavy (non-hydrogen) atoms. The Morgan fingerprint density at radius 2 is 1.70 bits per heavy atom. The molecule has 2 aromatic carbocycles. The summed E-state index contributed by atoms with van der Waals surface area (Å²) in [6, 6.07) is 11.0. The minimum atomic E-state index is -4.59. The van der Waals surface area contributed by atoms with Crippen molar-refractivity contribution in [1.82, 2.24) is 14.5 Å². The van der Waals surface area contributed by atoms with E-state index in [1.54, 1.807) is 4.90 Å². The van der Waals surface area contributed by atoms with Crippen molar-refractivity contribution in [2.45, 2.75) is 48.5 Å². The topological polar surface area (TPSA) is 99.2 Å². The molecule has 2 aliphatic rings. The number of hydrogen-bond acceptors (Lipinski definition) is 5. The van der Waals surface area contributed by atoms with Gasteiger partial charge in [-0.2, -0.15) is 17.5 Å². The molecule has 1 aliphatic carbocycles. The second-order valence-corrected chi connectivity index (χ2v) is 11.1. The van der Waals surface area contributed by atoms with Gasteiger partial charge in [0.2, 0.25) is 10.0 Å². The number of urea groups is 1. The molecule has 8 nitrogen and oxygen atoms in total. The Bertz CT molecular complexity index is 1150. The maximum absolute atomic E-state index is 13.4. The summed E-state index contributed by atoms with van der Waals surface area (Å²) in [6.07, 6.45) is -4.43. The van der Waals surface area contributed by atoms with E-state index in [4.69, 9.17) is 4.74 Å². The van der Waals surface area contributed by atoms with Gasteiger partial charge in [-0.05, 0) is 49.1 Å². The number of rotatable bonds is 9. The van der Waals surface area contributed by atoms with Crippen LogP contribution in [0.1, 0.15) is 24.0 Å². The van der Waals surface area contributed by atoms with Crippen molar-refractivity contribution in [1.29, 1.82) is 0 Å². The Hall–Kier alpha value is -2.67. The smallest absolute Gasteiger partial charge is 0.390 e. The number of aliphatic hydroxyl groups excluding tert-OH is 1. The van der Waals surface area contributed by atoms with Gasteiger partial charge >= 0.3 is 12.2 Å². The van der Waals surface area contributed by atoms with E-state index < -0.39 is 33.9 Å². The maximum Gasteiger partial charge on any atom is 0.416 e. The molecular weight excluding hydrogens is 511 g/mol. The molecule has 2 aromatic rings. The van der Waals surface area contributed by atoms with Crippen molar-refractivity contribution in [3.63, 3.8) is 0 Å². The number of carbonyl (C=O) groups is 1. The largest absolute Gasteiger partial charge is 0.416 e. The van der Waals surface area contributed by atoms with Crippen LogP contribution in [0.5, 0.6) is 0 Å².